The summed E-state index contributed by atoms with van der Waals surface area (Å²) >= 11 is 0. The minimum absolute atomic E-state index is 0.259. The zero-order chi connectivity index (χ0) is 14.8. The van der Waals surface area contributed by atoms with Crippen LogP contribution in [0.5, 0.6) is 0 Å². The number of rotatable bonds is 5. The van der Waals surface area contributed by atoms with Crippen LogP contribution in [-0.4, -0.2) is 43.2 Å². The van der Waals surface area contributed by atoms with Crippen LogP contribution in [0.1, 0.15) is 31.0 Å². The van der Waals surface area contributed by atoms with Crippen molar-refractivity contribution >= 4 is 10.2 Å². The second-order valence-corrected chi connectivity index (χ2v) is 6.78. The van der Waals surface area contributed by atoms with Crippen molar-refractivity contribution in [3.8, 4) is 0 Å². The number of hydrogen-bond donors (Lipinski definition) is 1. The number of hydrogen-bond acceptors (Lipinski definition) is 3. The van der Waals surface area contributed by atoms with E-state index in [1.165, 1.54) is 9.87 Å². The Kier molecular flexibility index (Phi) is 4.80. The normalized spacial score (nSPS) is 20.1. The van der Waals surface area contributed by atoms with Gasteiger partial charge >= 0.3 is 0 Å². The molecule has 0 spiro atoms. The molecule has 20 heavy (non-hydrogen) atoms. The smallest absolute Gasteiger partial charge is 0.282 e. The van der Waals surface area contributed by atoms with Gasteiger partial charge in [-0.3, -0.25) is 0 Å². The molecular formula is C14H23N3O2S. The average Bonchev–Trinajstić information content (AvgIpc) is 2.46. The van der Waals surface area contributed by atoms with Crippen molar-refractivity contribution in [2.75, 3.05) is 26.2 Å². The Morgan fingerprint density at radius 3 is 2.55 bits per heavy atom. The van der Waals surface area contributed by atoms with Gasteiger partial charge in [-0.1, -0.05) is 38.1 Å². The lowest BCUT2D eigenvalue weighted by Gasteiger charge is -2.38. The fourth-order valence-electron chi connectivity index (χ4n) is 2.85. The minimum atomic E-state index is -3.44. The van der Waals surface area contributed by atoms with Gasteiger partial charge in [0.05, 0.1) is 6.04 Å². The maximum absolute atomic E-state index is 12.7. The molecule has 1 atom stereocenters. The van der Waals surface area contributed by atoms with E-state index >= 15 is 0 Å². The summed E-state index contributed by atoms with van der Waals surface area (Å²) in [5.41, 5.74) is 8.11. The third kappa shape index (κ3) is 2.61. The highest BCUT2D eigenvalue weighted by Gasteiger charge is 2.37. The molecule has 0 fully saturated rings. The lowest BCUT2D eigenvalue weighted by Crippen LogP contribution is -2.49. The Balaban J connectivity index is 2.39. The van der Waals surface area contributed by atoms with Crippen molar-refractivity contribution in [2.24, 2.45) is 5.73 Å². The van der Waals surface area contributed by atoms with Gasteiger partial charge in [0.25, 0.3) is 10.2 Å². The van der Waals surface area contributed by atoms with Crippen LogP contribution in [0.2, 0.25) is 0 Å². The molecule has 0 aliphatic carbocycles. The Morgan fingerprint density at radius 2 is 1.95 bits per heavy atom. The zero-order valence-corrected chi connectivity index (χ0v) is 12.9. The molecule has 0 saturated carbocycles. The molecule has 1 unspecified atom stereocenters. The lowest BCUT2D eigenvalue weighted by atomic mass is 9.94. The zero-order valence-electron chi connectivity index (χ0n) is 12.1. The third-order valence-corrected chi connectivity index (χ3v) is 6.11. The molecule has 1 aliphatic rings. The number of fused-ring (bicyclic) bond motifs is 1. The van der Waals surface area contributed by atoms with Crippen LogP contribution in [0, 0.1) is 0 Å². The van der Waals surface area contributed by atoms with Gasteiger partial charge in [-0.25, -0.2) is 0 Å². The monoisotopic (exact) mass is 297 g/mol. The van der Waals surface area contributed by atoms with E-state index in [4.69, 9.17) is 5.73 Å². The van der Waals surface area contributed by atoms with Crippen LogP contribution in [-0.2, 0) is 16.6 Å². The molecule has 6 heteroatoms. The molecule has 2 N–H and O–H groups in total. The summed E-state index contributed by atoms with van der Waals surface area (Å²) in [6, 6.07) is 7.71. The highest BCUT2D eigenvalue weighted by atomic mass is 32.2. The van der Waals surface area contributed by atoms with Crippen molar-refractivity contribution in [3.63, 3.8) is 0 Å². The van der Waals surface area contributed by atoms with Gasteiger partial charge in [0.1, 0.15) is 0 Å². The van der Waals surface area contributed by atoms with Crippen LogP contribution in [0.4, 0.5) is 0 Å². The van der Waals surface area contributed by atoms with Crippen LogP contribution < -0.4 is 5.73 Å². The van der Waals surface area contributed by atoms with Gasteiger partial charge in [-0.2, -0.15) is 17.0 Å². The molecule has 1 aromatic rings. The van der Waals surface area contributed by atoms with Crippen LogP contribution in [0.15, 0.2) is 24.3 Å². The topological polar surface area (TPSA) is 66.6 Å². The summed E-state index contributed by atoms with van der Waals surface area (Å²) in [6.45, 7) is 5.48. The van der Waals surface area contributed by atoms with Gasteiger partial charge in [0.2, 0.25) is 0 Å². The fraction of sp³-hybridized carbons (Fsp3) is 0.571. The van der Waals surface area contributed by atoms with Crippen LogP contribution in [0.3, 0.4) is 0 Å². The van der Waals surface area contributed by atoms with E-state index in [0.717, 1.165) is 12.0 Å². The summed E-state index contributed by atoms with van der Waals surface area (Å²) in [5.74, 6) is 0. The second-order valence-electron chi connectivity index (χ2n) is 4.90. The molecule has 1 aliphatic heterocycles. The summed E-state index contributed by atoms with van der Waals surface area (Å²) in [5, 5.41) is 0. The van der Waals surface area contributed by atoms with Crippen molar-refractivity contribution < 1.29 is 8.42 Å². The molecule has 0 saturated heterocycles. The standard InChI is InChI=1S/C14H23N3O2S/c1-3-16(4-2)20(18,19)17-10-9-12-7-5-6-8-13(12)14(17)11-15/h5-8,14H,3-4,9-11,15H2,1-2H3. The lowest BCUT2D eigenvalue weighted by molar-refractivity contribution is 0.281. The highest BCUT2D eigenvalue weighted by Crippen LogP contribution is 2.31. The van der Waals surface area contributed by atoms with Crippen molar-refractivity contribution in [3.05, 3.63) is 35.4 Å². The maximum atomic E-state index is 12.7. The number of nitrogens with two attached hydrogens (primary N) is 1. The summed E-state index contributed by atoms with van der Waals surface area (Å²) in [7, 11) is -3.44. The predicted molar refractivity (Wildman–Crippen MR) is 80.5 cm³/mol. The quantitative estimate of drug-likeness (QED) is 0.886. The fourth-order valence-corrected chi connectivity index (χ4v) is 4.64. The third-order valence-electron chi connectivity index (χ3n) is 3.91. The molecule has 0 amide bonds. The minimum Gasteiger partial charge on any atom is -0.329 e. The summed E-state index contributed by atoms with van der Waals surface area (Å²) < 4.78 is 28.5. The van der Waals surface area contributed by atoms with E-state index in [9.17, 15) is 8.42 Å². The van der Waals surface area contributed by atoms with Crippen LogP contribution >= 0.6 is 0 Å². The number of benzene rings is 1. The van der Waals surface area contributed by atoms with E-state index in [2.05, 4.69) is 6.07 Å². The first kappa shape index (κ1) is 15.4. The van der Waals surface area contributed by atoms with Gasteiger partial charge in [-0.15, -0.1) is 0 Å². The second kappa shape index (κ2) is 6.22. The summed E-state index contributed by atoms with van der Waals surface area (Å²) in [6.07, 6.45) is 0.743. The van der Waals surface area contributed by atoms with E-state index in [0.29, 0.717) is 26.2 Å². The highest BCUT2D eigenvalue weighted by molar-refractivity contribution is 7.86. The average molecular weight is 297 g/mol. The molecular weight excluding hydrogens is 274 g/mol. The Morgan fingerprint density at radius 1 is 1.30 bits per heavy atom. The van der Waals surface area contributed by atoms with Gasteiger partial charge in [0.15, 0.2) is 0 Å². The van der Waals surface area contributed by atoms with Gasteiger partial charge in [-0.05, 0) is 17.5 Å². The first-order chi connectivity index (χ1) is 9.56. The number of nitrogens with zero attached hydrogens (tertiary/aromatic N) is 2. The predicted octanol–water partition coefficient (Wildman–Crippen LogP) is 1.13. The van der Waals surface area contributed by atoms with Gasteiger partial charge in [0, 0.05) is 26.2 Å². The van der Waals surface area contributed by atoms with E-state index in [1.54, 1.807) is 4.31 Å². The van der Waals surface area contributed by atoms with Crippen molar-refractivity contribution in [2.45, 2.75) is 26.3 Å². The maximum Gasteiger partial charge on any atom is 0.282 e. The van der Waals surface area contributed by atoms with Gasteiger partial charge < -0.3 is 5.73 Å². The van der Waals surface area contributed by atoms with Crippen LogP contribution in [0.25, 0.3) is 0 Å². The molecule has 1 heterocycles. The Hall–Kier alpha value is -0.950. The van der Waals surface area contributed by atoms with Crippen molar-refractivity contribution in [1.82, 2.24) is 8.61 Å². The van der Waals surface area contributed by atoms with E-state index < -0.39 is 10.2 Å². The molecule has 0 bridgehead atoms. The summed E-state index contributed by atoms with van der Waals surface area (Å²) in [4.78, 5) is 0. The van der Waals surface area contributed by atoms with E-state index in [1.807, 2.05) is 32.0 Å². The molecule has 2 rings (SSSR count). The Bertz CT molecular complexity index is 555. The largest absolute Gasteiger partial charge is 0.329 e. The van der Waals surface area contributed by atoms with E-state index in [-0.39, 0.29) is 6.04 Å². The first-order valence-electron chi connectivity index (χ1n) is 7.11. The molecule has 0 aromatic heterocycles. The molecule has 1 aromatic carbocycles. The van der Waals surface area contributed by atoms with Crippen molar-refractivity contribution in [1.29, 1.82) is 0 Å². The SMILES string of the molecule is CCN(CC)S(=O)(=O)N1CCc2ccccc2C1CN. The Labute approximate surface area is 121 Å². The molecule has 0 radical (unpaired) electrons. The molecule has 5 nitrogen and oxygen atoms in total. The molecule has 112 valence electrons. The first-order valence-corrected chi connectivity index (χ1v) is 8.50.